The molecule has 0 radical (unpaired) electrons. The van der Waals surface area contributed by atoms with Crippen molar-refractivity contribution in [2.24, 2.45) is 0 Å². The molecule has 1 N–H and O–H groups in total. The number of rotatable bonds is 6. The van der Waals surface area contributed by atoms with E-state index in [0.29, 0.717) is 6.54 Å². The Morgan fingerprint density at radius 2 is 2.47 bits per heavy atom. The standard InChI is InChI=1S/C10H16BrN3O/c1-2-9(11)10(15)12-5-3-7-14-8-4-6-13-14/h4,6,8-9H,2-3,5,7H2,1H3,(H,12,15). The van der Waals surface area contributed by atoms with Crippen LogP contribution in [0.1, 0.15) is 19.8 Å². The molecule has 0 spiro atoms. The number of carbonyl (C=O) groups excluding carboxylic acids is 1. The van der Waals surface area contributed by atoms with Crippen LogP contribution in [0.25, 0.3) is 0 Å². The zero-order chi connectivity index (χ0) is 11.1. The summed E-state index contributed by atoms with van der Waals surface area (Å²) in [5.74, 6) is 0.0676. The van der Waals surface area contributed by atoms with Crippen molar-refractivity contribution >= 4 is 21.8 Å². The number of halogens is 1. The first-order valence-corrected chi connectivity index (χ1v) is 6.04. The fourth-order valence-corrected chi connectivity index (χ4v) is 1.34. The highest BCUT2D eigenvalue weighted by molar-refractivity contribution is 9.10. The number of carbonyl (C=O) groups is 1. The highest BCUT2D eigenvalue weighted by Crippen LogP contribution is 2.03. The van der Waals surface area contributed by atoms with Crippen molar-refractivity contribution < 1.29 is 4.79 Å². The predicted molar refractivity (Wildman–Crippen MR) is 62.9 cm³/mol. The molecule has 1 aromatic rings. The number of amides is 1. The van der Waals surface area contributed by atoms with Crippen LogP contribution in [0.3, 0.4) is 0 Å². The zero-order valence-corrected chi connectivity index (χ0v) is 10.4. The largest absolute Gasteiger partial charge is 0.355 e. The van der Waals surface area contributed by atoms with E-state index in [1.165, 1.54) is 0 Å². The molecule has 84 valence electrons. The van der Waals surface area contributed by atoms with E-state index >= 15 is 0 Å². The molecular weight excluding hydrogens is 258 g/mol. The van der Waals surface area contributed by atoms with Gasteiger partial charge in [-0.3, -0.25) is 9.48 Å². The molecule has 15 heavy (non-hydrogen) atoms. The highest BCUT2D eigenvalue weighted by atomic mass is 79.9. The predicted octanol–water partition coefficient (Wildman–Crippen LogP) is 1.56. The lowest BCUT2D eigenvalue weighted by Crippen LogP contribution is -2.31. The minimum absolute atomic E-state index is 0.0674. The van der Waals surface area contributed by atoms with Crippen LogP contribution in [0.4, 0.5) is 0 Å². The number of nitrogens with one attached hydrogen (secondary N) is 1. The molecule has 5 heteroatoms. The quantitative estimate of drug-likeness (QED) is 0.632. The minimum atomic E-state index is -0.0674. The van der Waals surface area contributed by atoms with Gasteiger partial charge in [-0.25, -0.2) is 0 Å². The van der Waals surface area contributed by atoms with Gasteiger partial charge in [0.05, 0.1) is 4.83 Å². The molecular formula is C10H16BrN3O. The van der Waals surface area contributed by atoms with Crippen LogP contribution in [-0.4, -0.2) is 27.1 Å². The normalized spacial score (nSPS) is 12.4. The van der Waals surface area contributed by atoms with Gasteiger partial charge in [-0.1, -0.05) is 22.9 Å². The second kappa shape index (κ2) is 6.61. The van der Waals surface area contributed by atoms with E-state index < -0.39 is 0 Å². The van der Waals surface area contributed by atoms with Crippen LogP contribution in [0.15, 0.2) is 18.5 Å². The summed E-state index contributed by atoms with van der Waals surface area (Å²) in [6.07, 6.45) is 5.38. The number of hydrogen-bond acceptors (Lipinski definition) is 2. The molecule has 0 saturated carbocycles. The van der Waals surface area contributed by atoms with E-state index in [-0.39, 0.29) is 10.7 Å². The van der Waals surface area contributed by atoms with E-state index in [1.54, 1.807) is 6.20 Å². The third-order valence-electron chi connectivity index (χ3n) is 2.07. The Morgan fingerprint density at radius 3 is 3.07 bits per heavy atom. The third-order valence-corrected chi connectivity index (χ3v) is 3.13. The summed E-state index contributed by atoms with van der Waals surface area (Å²) >= 11 is 3.30. The van der Waals surface area contributed by atoms with Crippen molar-refractivity contribution in [2.75, 3.05) is 6.54 Å². The molecule has 1 aromatic heterocycles. The first-order chi connectivity index (χ1) is 7.24. The molecule has 0 aliphatic carbocycles. The van der Waals surface area contributed by atoms with E-state index in [2.05, 4.69) is 26.3 Å². The molecule has 0 saturated heterocycles. The Kier molecular flexibility index (Phi) is 5.39. The van der Waals surface area contributed by atoms with Crippen LogP contribution >= 0.6 is 15.9 Å². The van der Waals surface area contributed by atoms with E-state index in [4.69, 9.17) is 0 Å². The van der Waals surface area contributed by atoms with Gasteiger partial charge in [0.1, 0.15) is 0 Å². The minimum Gasteiger partial charge on any atom is -0.355 e. The fourth-order valence-electron chi connectivity index (χ4n) is 1.18. The van der Waals surface area contributed by atoms with E-state index in [0.717, 1.165) is 19.4 Å². The maximum absolute atomic E-state index is 11.4. The maximum atomic E-state index is 11.4. The molecule has 0 fully saturated rings. The van der Waals surface area contributed by atoms with Gasteiger partial charge in [-0.2, -0.15) is 5.10 Å². The fraction of sp³-hybridized carbons (Fsp3) is 0.600. The number of hydrogen-bond donors (Lipinski definition) is 1. The summed E-state index contributed by atoms with van der Waals surface area (Å²) in [4.78, 5) is 11.3. The number of aryl methyl sites for hydroxylation is 1. The molecule has 0 aromatic carbocycles. The van der Waals surface area contributed by atoms with E-state index in [1.807, 2.05) is 23.9 Å². The third kappa shape index (κ3) is 4.46. The number of aromatic nitrogens is 2. The summed E-state index contributed by atoms with van der Waals surface area (Å²) < 4.78 is 1.86. The first-order valence-electron chi connectivity index (χ1n) is 5.13. The second-order valence-electron chi connectivity index (χ2n) is 3.29. The summed E-state index contributed by atoms with van der Waals surface area (Å²) in [6.45, 7) is 3.51. The molecule has 0 bridgehead atoms. The smallest absolute Gasteiger partial charge is 0.233 e. The lowest BCUT2D eigenvalue weighted by atomic mass is 10.3. The Bertz CT molecular complexity index is 287. The molecule has 0 aliphatic heterocycles. The SMILES string of the molecule is CCC(Br)C(=O)NCCCn1cccn1. The van der Waals surface area contributed by atoms with Gasteiger partial charge in [-0.15, -0.1) is 0 Å². The zero-order valence-electron chi connectivity index (χ0n) is 8.82. The van der Waals surface area contributed by atoms with Gasteiger partial charge < -0.3 is 5.32 Å². The average molecular weight is 274 g/mol. The van der Waals surface area contributed by atoms with Crippen LogP contribution in [0, 0.1) is 0 Å². The lowest BCUT2D eigenvalue weighted by molar-refractivity contribution is -0.120. The van der Waals surface area contributed by atoms with Crippen LogP contribution < -0.4 is 5.32 Å². The maximum Gasteiger partial charge on any atom is 0.233 e. The van der Waals surface area contributed by atoms with E-state index in [9.17, 15) is 4.79 Å². The number of nitrogens with zero attached hydrogens (tertiary/aromatic N) is 2. The average Bonchev–Trinajstić information content (AvgIpc) is 2.75. The summed E-state index contributed by atoms with van der Waals surface area (Å²) in [5, 5.41) is 6.95. The lowest BCUT2D eigenvalue weighted by Gasteiger charge is -2.08. The van der Waals surface area contributed by atoms with Crippen LogP contribution in [0.5, 0.6) is 0 Å². The monoisotopic (exact) mass is 273 g/mol. The summed E-state index contributed by atoms with van der Waals surface area (Å²) in [7, 11) is 0. The van der Waals surface area contributed by atoms with Crippen molar-refractivity contribution in [1.82, 2.24) is 15.1 Å². The first kappa shape index (κ1) is 12.2. The highest BCUT2D eigenvalue weighted by Gasteiger charge is 2.10. The molecule has 1 atom stereocenters. The molecule has 1 amide bonds. The van der Waals surface area contributed by atoms with Gasteiger partial charge in [0.15, 0.2) is 0 Å². The Morgan fingerprint density at radius 1 is 1.67 bits per heavy atom. The van der Waals surface area contributed by atoms with Crippen molar-refractivity contribution in [3.8, 4) is 0 Å². The summed E-state index contributed by atoms with van der Waals surface area (Å²) in [6, 6.07) is 1.89. The number of alkyl halides is 1. The Hall–Kier alpha value is -0.840. The van der Waals surface area contributed by atoms with Gasteiger partial charge in [0, 0.05) is 25.5 Å². The van der Waals surface area contributed by atoms with Crippen molar-refractivity contribution in [1.29, 1.82) is 0 Å². The topological polar surface area (TPSA) is 46.9 Å². The van der Waals surface area contributed by atoms with Gasteiger partial charge in [0.2, 0.25) is 5.91 Å². The second-order valence-corrected chi connectivity index (χ2v) is 4.39. The van der Waals surface area contributed by atoms with Crippen molar-refractivity contribution in [3.63, 3.8) is 0 Å². The Balaban J connectivity index is 2.09. The molecule has 0 aliphatic rings. The molecule has 4 nitrogen and oxygen atoms in total. The van der Waals surface area contributed by atoms with Gasteiger partial charge in [0.25, 0.3) is 0 Å². The molecule has 1 heterocycles. The van der Waals surface area contributed by atoms with Crippen molar-refractivity contribution in [2.45, 2.75) is 31.1 Å². The van der Waals surface area contributed by atoms with Crippen LogP contribution in [0.2, 0.25) is 0 Å². The summed E-state index contributed by atoms with van der Waals surface area (Å²) in [5.41, 5.74) is 0. The molecule has 1 rings (SSSR count). The molecule has 1 unspecified atom stereocenters. The van der Waals surface area contributed by atoms with Gasteiger partial charge in [-0.05, 0) is 18.9 Å². The van der Waals surface area contributed by atoms with Crippen LogP contribution in [-0.2, 0) is 11.3 Å². The van der Waals surface area contributed by atoms with Gasteiger partial charge >= 0.3 is 0 Å². The Labute approximate surface area is 98.2 Å². The van der Waals surface area contributed by atoms with Crippen molar-refractivity contribution in [3.05, 3.63) is 18.5 Å².